The Morgan fingerprint density at radius 1 is 1.08 bits per heavy atom. The number of hydrogen-bond acceptors (Lipinski definition) is 4. The second-order valence-corrected chi connectivity index (χ2v) is 7.25. The van der Waals surface area contributed by atoms with Crippen molar-refractivity contribution >= 4 is 23.2 Å². The molecule has 0 N–H and O–H groups in total. The molecule has 0 unspecified atom stereocenters. The van der Waals surface area contributed by atoms with Crippen LogP contribution in [0.2, 0.25) is 0 Å². The van der Waals surface area contributed by atoms with Crippen LogP contribution in [-0.2, 0) is 16.0 Å². The largest absolute Gasteiger partial charge is 0.339 e. The van der Waals surface area contributed by atoms with Crippen molar-refractivity contribution in [1.82, 2.24) is 14.8 Å². The summed E-state index contributed by atoms with van der Waals surface area (Å²) in [6.07, 6.45) is 1.13. The van der Waals surface area contributed by atoms with Gasteiger partial charge in [-0.3, -0.25) is 9.59 Å². The highest BCUT2D eigenvalue weighted by atomic mass is 32.1. The molecule has 2 aromatic rings. The van der Waals surface area contributed by atoms with Crippen LogP contribution in [-0.4, -0.2) is 52.8 Å². The van der Waals surface area contributed by atoms with Crippen LogP contribution in [0.25, 0.3) is 10.6 Å². The van der Waals surface area contributed by atoms with Gasteiger partial charge in [-0.2, -0.15) is 0 Å². The number of aryl methyl sites for hydroxylation is 2. The van der Waals surface area contributed by atoms with Crippen LogP contribution in [0.15, 0.2) is 29.6 Å². The molecule has 0 bridgehead atoms. The van der Waals surface area contributed by atoms with Gasteiger partial charge in [-0.1, -0.05) is 29.8 Å². The molecule has 2 heterocycles. The molecule has 0 atom stereocenters. The van der Waals surface area contributed by atoms with Crippen molar-refractivity contribution in [2.45, 2.75) is 26.7 Å². The third-order valence-corrected chi connectivity index (χ3v) is 5.46. The molecule has 1 aromatic carbocycles. The van der Waals surface area contributed by atoms with Gasteiger partial charge in [0.05, 0.1) is 5.69 Å². The summed E-state index contributed by atoms with van der Waals surface area (Å²) < 4.78 is 0. The standard InChI is InChI=1S/C19H23N3O2S/c1-14-3-5-16(6-4-14)19-20-17(13-25-19)7-8-18(24)22-11-9-21(10-12-22)15(2)23/h3-6,13H,7-12H2,1-2H3. The lowest BCUT2D eigenvalue weighted by molar-refractivity contribution is -0.138. The molecular weight excluding hydrogens is 334 g/mol. The van der Waals surface area contributed by atoms with Crippen molar-refractivity contribution in [1.29, 1.82) is 0 Å². The molecule has 1 aliphatic rings. The third kappa shape index (κ3) is 4.45. The lowest BCUT2D eigenvalue weighted by Crippen LogP contribution is -2.50. The topological polar surface area (TPSA) is 53.5 Å². The Bertz CT molecular complexity index is 746. The van der Waals surface area contributed by atoms with Gasteiger partial charge in [0.25, 0.3) is 0 Å². The van der Waals surface area contributed by atoms with E-state index in [4.69, 9.17) is 0 Å². The van der Waals surface area contributed by atoms with E-state index in [0.717, 1.165) is 16.3 Å². The van der Waals surface area contributed by atoms with Gasteiger partial charge < -0.3 is 9.80 Å². The van der Waals surface area contributed by atoms with Crippen LogP contribution in [0.5, 0.6) is 0 Å². The van der Waals surface area contributed by atoms with Crippen molar-refractivity contribution < 1.29 is 9.59 Å². The number of carbonyl (C=O) groups excluding carboxylic acids is 2. The van der Waals surface area contributed by atoms with Gasteiger partial charge in [0.15, 0.2) is 0 Å². The molecule has 1 saturated heterocycles. The average Bonchev–Trinajstić information content (AvgIpc) is 3.09. The van der Waals surface area contributed by atoms with Gasteiger partial charge in [-0.05, 0) is 13.3 Å². The first kappa shape index (κ1) is 17.6. The highest BCUT2D eigenvalue weighted by molar-refractivity contribution is 7.13. The maximum absolute atomic E-state index is 12.4. The summed E-state index contributed by atoms with van der Waals surface area (Å²) in [7, 11) is 0. The second-order valence-electron chi connectivity index (χ2n) is 6.40. The van der Waals surface area contributed by atoms with Gasteiger partial charge in [-0.25, -0.2) is 4.98 Å². The van der Waals surface area contributed by atoms with E-state index in [2.05, 4.69) is 36.2 Å². The Labute approximate surface area is 152 Å². The summed E-state index contributed by atoms with van der Waals surface area (Å²) in [6.45, 7) is 6.17. The average molecular weight is 357 g/mol. The van der Waals surface area contributed by atoms with Crippen molar-refractivity contribution in [3.63, 3.8) is 0 Å². The number of nitrogens with zero attached hydrogens (tertiary/aromatic N) is 3. The Morgan fingerprint density at radius 2 is 1.72 bits per heavy atom. The molecule has 0 aliphatic carbocycles. The first-order valence-corrected chi connectivity index (χ1v) is 9.45. The number of rotatable bonds is 4. The van der Waals surface area contributed by atoms with E-state index in [1.807, 2.05) is 10.3 Å². The fourth-order valence-corrected chi connectivity index (χ4v) is 3.77. The first-order chi connectivity index (χ1) is 12.0. The quantitative estimate of drug-likeness (QED) is 0.845. The smallest absolute Gasteiger partial charge is 0.223 e. The van der Waals surface area contributed by atoms with Crippen LogP contribution >= 0.6 is 11.3 Å². The summed E-state index contributed by atoms with van der Waals surface area (Å²) in [5.74, 6) is 0.228. The number of carbonyl (C=O) groups is 2. The summed E-state index contributed by atoms with van der Waals surface area (Å²) in [5, 5.41) is 3.04. The van der Waals surface area contributed by atoms with Crippen molar-refractivity contribution in [3.8, 4) is 10.6 Å². The van der Waals surface area contributed by atoms with Crippen LogP contribution < -0.4 is 0 Å². The van der Waals surface area contributed by atoms with Gasteiger partial charge in [-0.15, -0.1) is 11.3 Å². The van der Waals surface area contributed by atoms with E-state index in [1.165, 1.54) is 5.56 Å². The fourth-order valence-electron chi connectivity index (χ4n) is 2.91. The zero-order chi connectivity index (χ0) is 17.8. The van der Waals surface area contributed by atoms with E-state index in [1.54, 1.807) is 23.2 Å². The molecule has 25 heavy (non-hydrogen) atoms. The Kier molecular flexibility index (Phi) is 5.48. The molecule has 1 aliphatic heterocycles. The van der Waals surface area contributed by atoms with Gasteiger partial charge in [0.2, 0.25) is 11.8 Å². The summed E-state index contributed by atoms with van der Waals surface area (Å²) in [6, 6.07) is 8.33. The summed E-state index contributed by atoms with van der Waals surface area (Å²) in [4.78, 5) is 32.0. The van der Waals surface area contributed by atoms with E-state index in [9.17, 15) is 9.59 Å². The van der Waals surface area contributed by atoms with Crippen LogP contribution in [0.1, 0.15) is 24.6 Å². The molecular formula is C19H23N3O2S. The minimum absolute atomic E-state index is 0.0817. The molecule has 1 fully saturated rings. The van der Waals surface area contributed by atoms with Gasteiger partial charge >= 0.3 is 0 Å². The van der Waals surface area contributed by atoms with Crippen molar-refractivity contribution in [2.75, 3.05) is 26.2 Å². The molecule has 3 rings (SSSR count). The first-order valence-electron chi connectivity index (χ1n) is 8.57. The number of benzene rings is 1. The monoisotopic (exact) mass is 357 g/mol. The number of thiazole rings is 1. The van der Waals surface area contributed by atoms with Crippen LogP contribution in [0, 0.1) is 6.92 Å². The zero-order valence-corrected chi connectivity index (χ0v) is 15.5. The van der Waals surface area contributed by atoms with Crippen molar-refractivity contribution in [3.05, 3.63) is 40.9 Å². The number of hydrogen-bond donors (Lipinski definition) is 0. The molecule has 2 amide bonds. The zero-order valence-electron chi connectivity index (χ0n) is 14.7. The predicted octanol–water partition coefficient (Wildman–Crippen LogP) is 2.74. The molecule has 0 spiro atoms. The number of piperazine rings is 1. The van der Waals surface area contributed by atoms with E-state index < -0.39 is 0 Å². The third-order valence-electron chi connectivity index (χ3n) is 4.52. The lowest BCUT2D eigenvalue weighted by atomic mass is 10.1. The highest BCUT2D eigenvalue weighted by Gasteiger charge is 2.22. The van der Waals surface area contributed by atoms with Crippen LogP contribution in [0.4, 0.5) is 0 Å². The minimum Gasteiger partial charge on any atom is -0.339 e. The fraction of sp³-hybridized carbons (Fsp3) is 0.421. The molecule has 1 aromatic heterocycles. The molecule has 0 radical (unpaired) electrons. The van der Waals surface area contributed by atoms with E-state index >= 15 is 0 Å². The maximum atomic E-state index is 12.4. The minimum atomic E-state index is 0.0817. The Hall–Kier alpha value is -2.21. The number of aromatic nitrogens is 1. The number of amides is 2. The molecule has 6 heteroatoms. The van der Waals surface area contributed by atoms with E-state index in [-0.39, 0.29) is 11.8 Å². The SMILES string of the molecule is CC(=O)N1CCN(C(=O)CCc2csc(-c3ccc(C)cc3)n2)CC1. The van der Waals surface area contributed by atoms with E-state index in [0.29, 0.717) is 39.0 Å². The van der Waals surface area contributed by atoms with Gasteiger partial charge in [0.1, 0.15) is 5.01 Å². The molecule has 0 saturated carbocycles. The molecule has 5 nitrogen and oxygen atoms in total. The lowest BCUT2D eigenvalue weighted by Gasteiger charge is -2.34. The van der Waals surface area contributed by atoms with Crippen molar-refractivity contribution in [2.24, 2.45) is 0 Å². The predicted molar refractivity (Wildman–Crippen MR) is 99.4 cm³/mol. The highest BCUT2D eigenvalue weighted by Crippen LogP contribution is 2.24. The summed E-state index contributed by atoms with van der Waals surface area (Å²) >= 11 is 1.62. The Balaban J connectivity index is 1.51. The maximum Gasteiger partial charge on any atom is 0.223 e. The summed E-state index contributed by atoms with van der Waals surface area (Å²) in [5.41, 5.74) is 3.32. The normalized spacial score (nSPS) is 14.6. The van der Waals surface area contributed by atoms with Gasteiger partial charge in [0, 0.05) is 50.5 Å². The molecule has 132 valence electrons. The Morgan fingerprint density at radius 3 is 2.36 bits per heavy atom. The van der Waals surface area contributed by atoms with Crippen LogP contribution in [0.3, 0.4) is 0 Å². The second kappa shape index (κ2) is 7.78.